The van der Waals surface area contributed by atoms with Crippen molar-refractivity contribution in [1.29, 1.82) is 0 Å². The van der Waals surface area contributed by atoms with Crippen molar-refractivity contribution < 1.29 is 14.4 Å². The molecule has 1 aromatic rings. The van der Waals surface area contributed by atoms with Crippen LogP contribution in [0, 0.1) is 5.92 Å². The molecule has 0 bridgehead atoms. The Morgan fingerprint density at radius 2 is 1.67 bits per heavy atom. The summed E-state index contributed by atoms with van der Waals surface area (Å²) in [5.41, 5.74) is 5.83. The predicted octanol–water partition coefficient (Wildman–Crippen LogP) is 2.77. The molecule has 0 heterocycles. The quantitative estimate of drug-likeness (QED) is 0.725. The number of benzene rings is 1. The molecule has 6 heteroatoms. The maximum absolute atomic E-state index is 12.2. The minimum Gasteiger partial charge on any atom is -0.326 e. The zero-order valence-electron chi connectivity index (χ0n) is 14.1. The second-order valence-electron chi connectivity index (χ2n) is 6.15. The third-order valence-corrected chi connectivity index (χ3v) is 4.18. The van der Waals surface area contributed by atoms with Crippen LogP contribution >= 0.6 is 0 Å². The Labute approximate surface area is 142 Å². The number of carbonyl (C=O) groups is 3. The smallest absolute Gasteiger partial charge is 0.269 e. The SMILES string of the molecule is CCCC(=O)NNC(=O)c1ccc(NC(=O)C2CCCCC2)cc1. The molecule has 0 spiro atoms. The number of amides is 3. The van der Waals surface area contributed by atoms with Crippen molar-refractivity contribution in [3.63, 3.8) is 0 Å². The lowest BCUT2D eigenvalue weighted by molar-refractivity contribution is -0.122. The van der Waals surface area contributed by atoms with Gasteiger partial charge in [0, 0.05) is 23.6 Å². The van der Waals surface area contributed by atoms with Gasteiger partial charge < -0.3 is 5.32 Å². The van der Waals surface area contributed by atoms with Gasteiger partial charge in [0.1, 0.15) is 0 Å². The van der Waals surface area contributed by atoms with Crippen LogP contribution in [0.25, 0.3) is 0 Å². The van der Waals surface area contributed by atoms with Crippen LogP contribution in [-0.2, 0) is 9.59 Å². The van der Waals surface area contributed by atoms with Crippen LogP contribution < -0.4 is 16.2 Å². The summed E-state index contributed by atoms with van der Waals surface area (Å²) >= 11 is 0. The molecule has 3 N–H and O–H groups in total. The van der Waals surface area contributed by atoms with E-state index in [1.165, 1.54) is 6.42 Å². The van der Waals surface area contributed by atoms with Crippen LogP contribution in [0.3, 0.4) is 0 Å². The Balaban J connectivity index is 1.84. The van der Waals surface area contributed by atoms with Crippen LogP contribution in [0.2, 0.25) is 0 Å². The van der Waals surface area contributed by atoms with E-state index in [0.717, 1.165) is 32.1 Å². The Hall–Kier alpha value is -2.37. The normalized spacial score (nSPS) is 14.7. The van der Waals surface area contributed by atoms with Crippen molar-refractivity contribution >= 4 is 23.4 Å². The van der Waals surface area contributed by atoms with E-state index in [2.05, 4.69) is 16.2 Å². The molecule has 24 heavy (non-hydrogen) atoms. The van der Waals surface area contributed by atoms with Crippen LogP contribution in [0.1, 0.15) is 62.2 Å². The second-order valence-corrected chi connectivity index (χ2v) is 6.15. The summed E-state index contributed by atoms with van der Waals surface area (Å²) in [7, 11) is 0. The van der Waals surface area contributed by atoms with E-state index in [0.29, 0.717) is 17.7 Å². The fraction of sp³-hybridized carbons (Fsp3) is 0.500. The molecule has 0 aliphatic heterocycles. The zero-order valence-corrected chi connectivity index (χ0v) is 14.1. The lowest BCUT2D eigenvalue weighted by Crippen LogP contribution is -2.41. The molecular weight excluding hydrogens is 306 g/mol. The summed E-state index contributed by atoms with van der Waals surface area (Å²) in [4.78, 5) is 35.4. The Bertz CT molecular complexity index is 578. The monoisotopic (exact) mass is 331 g/mol. The zero-order chi connectivity index (χ0) is 17.4. The highest BCUT2D eigenvalue weighted by atomic mass is 16.2. The van der Waals surface area contributed by atoms with Crippen molar-refractivity contribution in [2.24, 2.45) is 5.92 Å². The maximum atomic E-state index is 12.2. The molecule has 1 fully saturated rings. The van der Waals surface area contributed by atoms with Gasteiger partial charge in [0.25, 0.3) is 5.91 Å². The third kappa shape index (κ3) is 5.37. The molecule has 1 saturated carbocycles. The number of carbonyl (C=O) groups excluding carboxylic acids is 3. The molecule has 6 nitrogen and oxygen atoms in total. The molecule has 130 valence electrons. The van der Waals surface area contributed by atoms with Gasteiger partial charge in [0.2, 0.25) is 11.8 Å². The molecule has 0 aromatic heterocycles. The molecule has 0 atom stereocenters. The Kier molecular flexibility index (Phi) is 6.78. The van der Waals surface area contributed by atoms with Crippen molar-refractivity contribution in [2.45, 2.75) is 51.9 Å². The van der Waals surface area contributed by atoms with E-state index < -0.39 is 0 Å². The molecule has 1 aromatic carbocycles. The number of rotatable bonds is 5. The molecule has 0 unspecified atom stereocenters. The first kappa shape index (κ1) is 18.0. The first-order valence-electron chi connectivity index (χ1n) is 8.60. The third-order valence-electron chi connectivity index (χ3n) is 4.18. The molecule has 0 saturated heterocycles. The first-order valence-corrected chi connectivity index (χ1v) is 8.60. The minimum atomic E-state index is -0.385. The number of hydrogen-bond acceptors (Lipinski definition) is 3. The van der Waals surface area contributed by atoms with Gasteiger partial charge in [-0.3, -0.25) is 25.2 Å². The van der Waals surface area contributed by atoms with Gasteiger partial charge in [0.05, 0.1) is 0 Å². The number of hydrazine groups is 1. The maximum Gasteiger partial charge on any atom is 0.269 e. The summed E-state index contributed by atoms with van der Waals surface area (Å²) in [5, 5.41) is 2.90. The van der Waals surface area contributed by atoms with E-state index in [-0.39, 0.29) is 23.6 Å². The van der Waals surface area contributed by atoms with Gasteiger partial charge in [0.15, 0.2) is 0 Å². The van der Waals surface area contributed by atoms with Crippen LogP contribution in [0.4, 0.5) is 5.69 Å². The molecule has 1 aliphatic rings. The van der Waals surface area contributed by atoms with Crippen LogP contribution in [0.15, 0.2) is 24.3 Å². The average Bonchev–Trinajstić information content (AvgIpc) is 2.61. The van der Waals surface area contributed by atoms with E-state index in [4.69, 9.17) is 0 Å². The highest BCUT2D eigenvalue weighted by molar-refractivity contribution is 5.97. The summed E-state index contributed by atoms with van der Waals surface area (Å²) in [5.74, 6) is -0.457. The lowest BCUT2D eigenvalue weighted by atomic mass is 9.88. The average molecular weight is 331 g/mol. The largest absolute Gasteiger partial charge is 0.326 e. The predicted molar refractivity (Wildman–Crippen MR) is 92.2 cm³/mol. The fourth-order valence-corrected chi connectivity index (χ4v) is 2.80. The molecule has 3 amide bonds. The molecule has 0 radical (unpaired) electrons. The van der Waals surface area contributed by atoms with E-state index in [1.807, 2.05) is 6.92 Å². The Morgan fingerprint density at radius 3 is 2.29 bits per heavy atom. The summed E-state index contributed by atoms with van der Waals surface area (Å²) in [6.45, 7) is 1.89. The molecule has 2 rings (SSSR count). The van der Waals surface area contributed by atoms with Crippen LogP contribution in [0.5, 0.6) is 0 Å². The highest BCUT2D eigenvalue weighted by Crippen LogP contribution is 2.25. The standard InChI is InChI=1S/C18H25N3O3/c1-2-6-16(22)20-21-18(24)14-9-11-15(12-10-14)19-17(23)13-7-4-3-5-8-13/h9-13H,2-8H2,1H3,(H,19,23)(H,20,22)(H,21,24). The van der Waals surface area contributed by atoms with E-state index in [9.17, 15) is 14.4 Å². The highest BCUT2D eigenvalue weighted by Gasteiger charge is 2.21. The van der Waals surface area contributed by atoms with Crippen molar-refractivity contribution in [3.8, 4) is 0 Å². The van der Waals surface area contributed by atoms with Gasteiger partial charge in [-0.25, -0.2) is 0 Å². The van der Waals surface area contributed by atoms with Gasteiger partial charge in [-0.2, -0.15) is 0 Å². The van der Waals surface area contributed by atoms with Gasteiger partial charge >= 0.3 is 0 Å². The molecular formula is C18H25N3O3. The fourth-order valence-electron chi connectivity index (χ4n) is 2.80. The first-order chi connectivity index (χ1) is 11.6. The number of anilines is 1. The van der Waals surface area contributed by atoms with E-state index in [1.54, 1.807) is 24.3 Å². The minimum absolute atomic E-state index is 0.0544. The summed E-state index contributed by atoms with van der Waals surface area (Å²) < 4.78 is 0. The van der Waals surface area contributed by atoms with E-state index >= 15 is 0 Å². The van der Waals surface area contributed by atoms with Gasteiger partial charge in [-0.1, -0.05) is 26.2 Å². The topological polar surface area (TPSA) is 87.3 Å². The lowest BCUT2D eigenvalue weighted by Gasteiger charge is -2.20. The van der Waals surface area contributed by atoms with Crippen LogP contribution in [-0.4, -0.2) is 17.7 Å². The Morgan fingerprint density at radius 1 is 1.00 bits per heavy atom. The van der Waals surface area contributed by atoms with Crippen molar-refractivity contribution in [2.75, 3.05) is 5.32 Å². The van der Waals surface area contributed by atoms with Crippen molar-refractivity contribution in [1.82, 2.24) is 10.9 Å². The summed E-state index contributed by atoms with van der Waals surface area (Å²) in [6.07, 6.45) is 6.42. The summed E-state index contributed by atoms with van der Waals surface area (Å²) in [6, 6.07) is 6.64. The number of nitrogens with one attached hydrogen (secondary N) is 3. The second kappa shape index (κ2) is 9.05. The molecule has 1 aliphatic carbocycles. The van der Waals surface area contributed by atoms with Crippen molar-refractivity contribution in [3.05, 3.63) is 29.8 Å². The van der Waals surface area contributed by atoms with Gasteiger partial charge in [-0.05, 0) is 43.5 Å². The number of hydrogen-bond donors (Lipinski definition) is 3. The van der Waals surface area contributed by atoms with Gasteiger partial charge in [-0.15, -0.1) is 0 Å².